The maximum Gasteiger partial charge on any atom is 0.253 e. The fourth-order valence-electron chi connectivity index (χ4n) is 3.09. The average Bonchev–Trinajstić information content (AvgIpc) is 3.04. The highest BCUT2D eigenvalue weighted by atomic mass is 35.5. The van der Waals surface area contributed by atoms with Crippen molar-refractivity contribution in [3.63, 3.8) is 0 Å². The third kappa shape index (κ3) is 3.68. The Morgan fingerprint density at radius 3 is 2.64 bits per heavy atom. The molecular formula is C19H18ClN3OS. The van der Waals surface area contributed by atoms with Gasteiger partial charge in [-0.05, 0) is 30.3 Å². The van der Waals surface area contributed by atoms with Crippen molar-refractivity contribution in [2.75, 3.05) is 26.2 Å². The number of piperazine rings is 1. The third-order valence-corrected chi connectivity index (χ3v) is 5.68. The lowest BCUT2D eigenvalue weighted by molar-refractivity contribution is 0.0628. The molecular weight excluding hydrogens is 354 g/mol. The highest BCUT2D eigenvalue weighted by molar-refractivity contribution is 7.18. The van der Waals surface area contributed by atoms with Crippen molar-refractivity contribution in [2.45, 2.75) is 6.54 Å². The first-order valence-corrected chi connectivity index (χ1v) is 9.50. The van der Waals surface area contributed by atoms with Crippen LogP contribution in [-0.2, 0) is 6.54 Å². The Labute approximate surface area is 155 Å². The van der Waals surface area contributed by atoms with Crippen LogP contribution in [0.1, 0.15) is 15.4 Å². The number of amides is 1. The molecule has 0 saturated carbocycles. The second-order valence-electron chi connectivity index (χ2n) is 6.15. The van der Waals surface area contributed by atoms with E-state index >= 15 is 0 Å². The summed E-state index contributed by atoms with van der Waals surface area (Å²) in [6, 6.07) is 15.4. The van der Waals surface area contributed by atoms with E-state index in [0.717, 1.165) is 43.2 Å². The SMILES string of the molecule is O=C(c1cccc(Cl)c1)N1CCN(Cc2nc3ccccc3s2)CC1. The van der Waals surface area contributed by atoms with Crippen molar-refractivity contribution in [3.05, 3.63) is 64.1 Å². The van der Waals surface area contributed by atoms with Gasteiger partial charge in [-0.1, -0.05) is 29.8 Å². The molecule has 1 saturated heterocycles. The molecule has 25 heavy (non-hydrogen) atoms. The Balaban J connectivity index is 1.37. The molecule has 3 aromatic rings. The van der Waals surface area contributed by atoms with E-state index in [4.69, 9.17) is 16.6 Å². The molecule has 6 heteroatoms. The quantitative estimate of drug-likeness (QED) is 0.700. The largest absolute Gasteiger partial charge is 0.336 e. The first kappa shape index (κ1) is 16.5. The van der Waals surface area contributed by atoms with Gasteiger partial charge in [0.2, 0.25) is 0 Å². The minimum Gasteiger partial charge on any atom is -0.336 e. The zero-order valence-corrected chi connectivity index (χ0v) is 15.3. The second-order valence-corrected chi connectivity index (χ2v) is 7.71. The molecule has 128 valence electrons. The summed E-state index contributed by atoms with van der Waals surface area (Å²) in [5.41, 5.74) is 1.73. The van der Waals surface area contributed by atoms with E-state index in [1.807, 2.05) is 29.2 Å². The van der Waals surface area contributed by atoms with Gasteiger partial charge in [0.15, 0.2) is 0 Å². The van der Waals surface area contributed by atoms with Crippen LogP contribution in [0, 0.1) is 0 Å². The normalized spacial score (nSPS) is 15.6. The number of hydrogen-bond donors (Lipinski definition) is 0. The molecule has 0 atom stereocenters. The van der Waals surface area contributed by atoms with Crippen molar-refractivity contribution >= 4 is 39.1 Å². The zero-order chi connectivity index (χ0) is 17.2. The van der Waals surface area contributed by atoms with Gasteiger partial charge in [-0.2, -0.15) is 0 Å². The van der Waals surface area contributed by atoms with Crippen LogP contribution < -0.4 is 0 Å². The molecule has 1 amide bonds. The summed E-state index contributed by atoms with van der Waals surface area (Å²) in [6.07, 6.45) is 0. The molecule has 0 N–H and O–H groups in total. The highest BCUT2D eigenvalue weighted by Crippen LogP contribution is 2.23. The first-order chi connectivity index (χ1) is 12.2. The average molecular weight is 372 g/mol. The lowest BCUT2D eigenvalue weighted by Crippen LogP contribution is -2.48. The van der Waals surface area contributed by atoms with E-state index in [1.165, 1.54) is 4.70 Å². The number of fused-ring (bicyclic) bond motifs is 1. The van der Waals surface area contributed by atoms with Gasteiger partial charge in [0.25, 0.3) is 5.91 Å². The van der Waals surface area contributed by atoms with E-state index < -0.39 is 0 Å². The van der Waals surface area contributed by atoms with Crippen LogP contribution in [0.4, 0.5) is 0 Å². The van der Waals surface area contributed by atoms with Gasteiger partial charge in [-0.25, -0.2) is 4.98 Å². The van der Waals surface area contributed by atoms with Crippen LogP contribution in [0.2, 0.25) is 5.02 Å². The minimum atomic E-state index is 0.0575. The van der Waals surface area contributed by atoms with E-state index in [0.29, 0.717) is 10.6 Å². The molecule has 4 rings (SSSR count). The van der Waals surface area contributed by atoms with Crippen molar-refractivity contribution in [1.82, 2.24) is 14.8 Å². The summed E-state index contributed by atoms with van der Waals surface area (Å²) in [5.74, 6) is 0.0575. The molecule has 0 aliphatic carbocycles. The van der Waals surface area contributed by atoms with Crippen molar-refractivity contribution in [1.29, 1.82) is 0 Å². The maximum absolute atomic E-state index is 12.6. The number of para-hydroxylation sites is 1. The number of carbonyl (C=O) groups excluding carboxylic acids is 1. The summed E-state index contributed by atoms with van der Waals surface area (Å²) in [5, 5.41) is 1.73. The minimum absolute atomic E-state index is 0.0575. The summed E-state index contributed by atoms with van der Waals surface area (Å²) < 4.78 is 1.23. The summed E-state index contributed by atoms with van der Waals surface area (Å²) in [4.78, 5) is 21.5. The monoisotopic (exact) mass is 371 g/mol. The lowest BCUT2D eigenvalue weighted by atomic mass is 10.2. The number of aromatic nitrogens is 1. The molecule has 0 bridgehead atoms. The molecule has 0 radical (unpaired) electrons. The Hall–Kier alpha value is -1.95. The Morgan fingerprint density at radius 2 is 1.88 bits per heavy atom. The van der Waals surface area contributed by atoms with E-state index in [1.54, 1.807) is 23.5 Å². The fourth-order valence-corrected chi connectivity index (χ4v) is 4.29. The summed E-state index contributed by atoms with van der Waals surface area (Å²) >= 11 is 7.74. The van der Waals surface area contributed by atoms with Gasteiger partial charge in [-0.3, -0.25) is 9.69 Å². The summed E-state index contributed by atoms with van der Waals surface area (Å²) in [6.45, 7) is 4.04. The van der Waals surface area contributed by atoms with Gasteiger partial charge < -0.3 is 4.90 Å². The smallest absolute Gasteiger partial charge is 0.253 e. The van der Waals surface area contributed by atoms with Crippen LogP contribution in [0.3, 0.4) is 0 Å². The topological polar surface area (TPSA) is 36.4 Å². The van der Waals surface area contributed by atoms with Gasteiger partial charge in [0.1, 0.15) is 5.01 Å². The van der Waals surface area contributed by atoms with Gasteiger partial charge in [0.05, 0.1) is 16.8 Å². The number of benzene rings is 2. The molecule has 2 heterocycles. The fraction of sp³-hybridized carbons (Fsp3) is 0.263. The van der Waals surface area contributed by atoms with E-state index in [-0.39, 0.29) is 5.91 Å². The molecule has 1 aliphatic rings. The summed E-state index contributed by atoms with van der Waals surface area (Å²) in [7, 11) is 0. The van der Waals surface area contributed by atoms with Crippen LogP contribution in [0.15, 0.2) is 48.5 Å². The van der Waals surface area contributed by atoms with Crippen LogP contribution >= 0.6 is 22.9 Å². The van der Waals surface area contributed by atoms with Gasteiger partial charge in [-0.15, -0.1) is 11.3 Å². The predicted molar refractivity (Wildman–Crippen MR) is 102 cm³/mol. The molecule has 4 nitrogen and oxygen atoms in total. The molecule has 2 aromatic carbocycles. The number of carbonyl (C=O) groups is 1. The second kappa shape index (κ2) is 7.12. The van der Waals surface area contributed by atoms with Crippen LogP contribution in [0.25, 0.3) is 10.2 Å². The standard InChI is InChI=1S/C19H18ClN3OS/c20-15-5-3-4-14(12-15)19(24)23-10-8-22(9-11-23)13-18-21-16-6-1-2-7-17(16)25-18/h1-7,12H,8-11,13H2. The molecule has 0 spiro atoms. The highest BCUT2D eigenvalue weighted by Gasteiger charge is 2.22. The van der Waals surface area contributed by atoms with Crippen LogP contribution in [0.5, 0.6) is 0 Å². The molecule has 0 unspecified atom stereocenters. The molecule has 1 aromatic heterocycles. The van der Waals surface area contributed by atoms with Crippen molar-refractivity contribution in [3.8, 4) is 0 Å². The van der Waals surface area contributed by atoms with Crippen molar-refractivity contribution in [2.24, 2.45) is 0 Å². The lowest BCUT2D eigenvalue weighted by Gasteiger charge is -2.34. The van der Waals surface area contributed by atoms with Gasteiger partial charge in [0, 0.05) is 36.8 Å². The number of halogens is 1. The Kier molecular flexibility index (Phi) is 4.70. The van der Waals surface area contributed by atoms with E-state index in [2.05, 4.69) is 17.0 Å². The van der Waals surface area contributed by atoms with Gasteiger partial charge >= 0.3 is 0 Å². The number of thiazole rings is 1. The Morgan fingerprint density at radius 1 is 1.08 bits per heavy atom. The molecule has 1 aliphatic heterocycles. The number of hydrogen-bond acceptors (Lipinski definition) is 4. The Bertz CT molecular complexity index is 869. The predicted octanol–water partition coefficient (Wildman–Crippen LogP) is 3.91. The maximum atomic E-state index is 12.6. The van der Waals surface area contributed by atoms with E-state index in [9.17, 15) is 4.79 Å². The third-order valence-electron chi connectivity index (χ3n) is 4.43. The number of rotatable bonds is 3. The van der Waals surface area contributed by atoms with Crippen molar-refractivity contribution < 1.29 is 4.79 Å². The van der Waals surface area contributed by atoms with Crippen LogP contribution in [-0.4, -0.2) is 46.9 Å². The number of nitrogens with zero attached hydrogens (tertiary/aromatic N) is 3. The molecule has 1 fully saturated rings. The zero-order valence-electron chi connectivity index (χ0n) is 13.7. The first-order valence-electron chi connectivity index (χ1n) is 8.31.